The van der Waals surface area contributed by atoms with Gasteiger partial charge in [-0.1, -0.05) is 13.8 Å². The minimum Gasteiger partial charge on any atom is -0.315 e. The van der Waals surface area contributed by atoms with Crippen molar-refractivity contribution in [3.8, 4) is 0 Å². The molecule has 17 heavy (non-hydrogen) atoms. The first-order valence-electron chi connectivity index (χ1n) is 7.08. The first-order chi connectivity index (χ1) is 7.91. The molecule has 1 fully saturated rings. The van der Waals surface area contributed by atoms with Crippen molar-refractivity contribution in [1.29, 1.82) is 0 Å². The summed E-state index contributed by atoms with van der Waals surface area (Å²) in [6, 6.07) is 1.99. The monoisotopic (exact) mass is 241 g/mol. The Morgan fingerprint density at radius 1 is 1.06 bits per heavy atom. The van der Waals surface area contributed by atoms with E-state index in [-0.39, 0.29) is 0 Å². The molecule has 3 nitrogen and oxygen atoms in total. The van der Waals surface area contributed by atoms with E-state index in [0.717, 1.165) is 19.0 Å². The van der Waals surface area contributed by atoms with E-state index in [1.54, 1.807) is 0 Å². The lowest BCUT2D eigenvalue weighted by atomic mass is 10.1. The minimum atomic E-state index is 0.646. The molecule has 1 saturated heterocycles. The molecule has 0 amide bonds. The lowest BCUT2D eigenvalue weighted by molar-refractivity contribution is 0.0380. The van der Waals surface area contributed by atoms with E-state index < -0.39 is 0 Å². The molecule has 1 aliphatic heterocycles. The third-order valence-corrected chi connectivity index (χ3v) is 4.00. The molecule has 0 aliphatic carbocycles. The van der Waals surface area contributed by atoms with Crippen molar-refractivity contribution in [1.82, 2.24) is 15.1 Å². The van der Waals surface area contributed by atoms with Crippen LogP contribution in [0.4, 0.5) is 0 Å². The quantitative estimate of drug-likeness (QED) is 0.789. The van der Waals surface area contributed by atoms with E-state index >= 15 is 0 Å². The Hall–Kier alpha value is -0.120. The second-order valence-corrected chi connectivity index (χ2v) is 6.22. The van der Waals surface area contributed by atoms with E-state index in [0.29, 0.717) is 18.1 Å². The predicted octanol–water partition coefficient (Wildman–Crippen LogP) is 1.64. The molecule has 0 aromatic carbocycles. The Labute approximate surface area is 108 Å². The van der Waals surface area contributed by atoms with Crippen molar-refractivity contribution < 1.29 is 0 Å². The Morgan fingerprint density at radius 3 is 2.06 bits per heavy atom. The smallest absolute Gasteiger partial charge is 0.0195 e. The van der Waals surface area contributed by atoms with Crippen LogP contribution in [0, 0.1) is 5.92 Å². The van der Waals surface area contributed by atoms with Gasteiger partial charge in [-0.15, -0.1) is 0 Å². The largest absolute Gasteiger partial charge is 0.315 e. The normalized spacial score (nSPS) is 29.8. The summed E-state index contributed by atoms with van der Waals surface area (Å²) in [5, 5.41) is 3.57. The SMILES string of the molecule is CC(C)CNCC(C)N1CC(C)N(C)C(C)C1. The van der Waals surface area contributed by atoms with E-state index in [2.05, 4.69) is 56.8 Å². The first kappa shape index (κ1) is 14.9. The average molecular weight is 241 g/mol. The maximum Gasteiger partial charge on any atom is 0.0195 e. The maximum atomic E-state index is 3.57. The van der Waals surface area contributed by atoms with Crippen molar-refractivity contribution in [3.05, 3.63) is 0 Å². The van der Waals surface area contributed by atoms with Gasteiger partial charge in [0.2, 0.25) is 0 Å². The molecule has 1 heterocycles. The van der Waals surface area contributed by atoms with Crippen molar-refractivity contribution in [2.24, 2.45) is 5.92 Å². The van der Waals surface area contributed by atoms with Gasteiger partial charge in [0.25, 0.3) is 0 Å². The number of nitrogens with one attached hydrogen (secondary N) is 1. The molecule has 0 bridgehead atoms. The summed E-state index contributed by atoms with van der Waals surface area (Å²) in [5.41, 5.74) is 0. The first-order valence-corrected chi connectivity index (χ1v) is 7.08. The van der Waals surface area contributed by atoms with Gasteiger partial charge in [0.15, 0.2) is 0 Å². The standard InChI is InChI=1S/C14H31N3/c1-11(2)7-15-8-12(3)17-9-13(4)16(6)14(5)10-17/h11-15H,7-10H2,1-6H3. The molecule has 0 aromatic heterocycles. The third kappa shape index (κ3) is 4.57. The molecule has 0 aromatic rings. The lowest BCUT2D eigenvalue weighted by Gasteiger charge is -2.45. The molecule has 3 atom stereocenters. The summed E-state index contributed by atoms with van der Waals surface area (Å²) in [5.74, 6) is 0.743. The third-order valence-electron chi connectivity index (χ3n) is 4.00. The average Bonchev–Trinajstić information content (AvgIpc) is 2.24. The van der Waals surface area contributed by atoms with Crippen molar-refractivity contribution in [2.45, 2.75) is 52.7 Å². The summed E-state index contributed by atoms with van der Waals surface area (Å²) >= 11 is 0. The summed E-state index contributed by atoms with van der Waals surface area (Å²) in [6.07, 6.45) is 0. The number of hydrogen-bond acceptors (Lipinski definition) is 3. The molecule has 102 valence electrons. The van der Waals surface area contributed by atoms with Gasteiger partial charge in [0.05, 0.1) is 0 Å². The Kier molecular flexibility index (Phi) is 5.90. The van der Waals surface area contributed by atoms with Crippen LogP contribution in [0.5, 0.6) is 0 Å². The Morgan fingerprint density at radius 2 is 1.59 bits per heavy atom. The van der Waals surface area contributed by atoms with Crippen LogP contribution in [0.2, 0.25) is 0 Å². The highest BCUT2D eigenvalue weighted by Crippen LogP contribution is 2.15. The number of likely N-dealkylation sites (N-methyl/N-ethyl adjacent to an activating group) is 1. The molecule has 1 rings (SSSR count). The fourth-order valence-electron chi connectivity index (χ4n) is 2.52. The summed E-state index contributed by atoms with van der Waals surface area (Å²) < 4.78 is 0. The number of rotatable bonds is 5. The Bertz CT molecular complexity index is 206. The molecule has 3 unspecified atom stereocenters. The van der Waals surface area contributed by atoms with Gasteiger partial charge in [-0.25, -0.2) is 0 Å². The van der Waals surface area contributed by atoms with Gasteiger partial charge >= 0.3 is 0 Å². The zero-order valence-electron chi connectivity index (χ0n) is 12.5. The van der Waals surface area contributed by atoms with E-state index in [1.165, 1.54) is 13.1 Å². The molecule has 0 spiro atoms. The van der Waals surface area contributed by atoms with Crippen molar-refractivity contribution >= 4 is 0 Å². The highest BCUT2D eigenvalue weighted by atomic mass is 15.3. The molecule has 1 N–H and O–H groups in total. The summed E-state index contributed by atoms with van der Waals surface area (Å²) in [4.78, 5) is 5.12. The molecule has 0 radical (unpaired) electrons. The lowest BCUT2D eigenvalue weighted by Crippen LogP contribution is -2.58. The van der Waals surface area contributed by atoms with Gasteiger partial charge in [-0.05, 0) is 40.3 Å². The van der Waals surface area contributed by atoms with Crippen LogP contribution in [0.1, 0.15) is 34.6 Å². The fourth-order valence-corrected chi connectivity index (χ4v) is 2.52. The summed E-state index contributed by atoms with van der Waals surface area (Å²) in [7, 11) is 2.24. The second kappa shape index (κ2) is 6.72. The summed E-state index contributed by atoms with van der Waals surface area (Å²) in [6.45, 7) is 16.2. The van der Waals surface area contributed by atoms with Crippen LogP contribution in [0.3, 0.4) is 0 Å². The number of nitrogens with zero attached hydrogens (tertiary/aromatic N) is 2. The van der Waals surface area contributed by atoms with Gasteiger partial charge in [-0.3, -0.25) is 9.80 Å². The van der Waals surface area contributed by atoms with Crippen LogP contribution in [-0.2, 0) is 0 Å². The van der Waals surface area contributed by atoms with E-state index in [1.807, 2.05) is 0 Å². The molecule has 3 heteroatoms. The van der Waals surface area contributed by atoms with Crippen LogP contribution in [0.25, 0.3) is 0 Å². The van der Waals surface area contributed by atoms with Gasteiger partial charge in [0.1, 0.15) is 0 Å². The number of hydrogen-bond donors (Lipinski definition) is 1. The highest BCUT2D eigenvalue weighted by Gasteiger charge is 2.28. The van der Waals surface area contributed by atoms with Crippen LogP contribution in [0.15, 0.2) is 0 Å². The van der Waals surface area contributed by atoms with Crippen LogP contribution in [-0.4, -0.2) is 61.2 Å². The number of piperazine rings is 1. The Balaban J connectivity index is 2.34. The zero-order chi connectivity index (χ0) is 13.0. The van der Waals surface area contributed by atoms with Crippen LogP contribution >= 0.6 is 0 Å². The van der Waals surface area contributed by atoms with Crippen molar-refractivity contribution in [2.75, 3.05) is 33.2 Å². The predicted molar refractivity (Wildman–Crippen MR) is 75.4 cm³/mol. The van der Waals surface area contributed by atoms with Gasteiger partial charge in [-0.2, -0.15) is 0 Å². The fraction of sp³-hybridized carbons (Fsp3) is 1.00. The molecule has 1 aliphatic rings. The second-order valence-electron chi connectivity index (χ2n) is 6.22. The maximum absolute atomic E-state index is 3.57. The van der Waals surface area contributed by atoms with E-state index in [9.17, 15) is 0 Å². The molecular formula is C14H31N3. The molecular weight excluding hydrogens is 210 g/mol. The van der Waals surface area contributed by atoms with Gasteiger partial charge in [0, 0.05) is 37.8 Å². The molecule has 0 saturated carbocycles. The zero-order valence-corrected chi connectivity index (χ0v) is 12.5. The van der Waals surface area contributed by atoms with Gasteiger partial charge < -0.3 is 5.32 Å². The van der Waals surface area contributed by atoms with Crippen molar-refractivity contribution in [3.63, 3.8) is 0 Å². The van der Waals surface area contributed by atoms with Crippen LogP contribution < -0.4 is 5.32 Å². The highest BCUT2D eigenvalue weighted by molar-refractivity contribution is 4.85. The van der Waals surface area contributed by atoms with E-state index in [4.69, 9.17) is 0 Å². The minimum absolute atomic E-state index is 0.646. The topological polar surface area (TPSA) is 18.5 Å².